The molecular weight excluding hydrogens is 523 g/mol. The van der Waals surface area contributed by atoms with E-state index in [9.17, 15) is 23.9 Å². The van der Waals surface area contributed by atoms with Crippen LogP contribution in [0.25, 0.3) is 5.76 Å². The molecule has 1 fully saturated rings. The van der Waals surface area contributed by atoms with Crippen LogP contribution in [0.15, 0.2) is 73.3 Å². The fourth-order valence-corrected chi connectivity index (χ4v) is 5.12. The summed E-state index contributed by atoms with van der Waals surface area (Å²) in [4.78, 5) is 44.9. The van der Waals surface area contributed by atoms with Crippen LogP contribution in [0.2, 0.25) is 0 Å². The third kappa shape index (κ3) is 5.37. The van der Waals surface area contributed by atoms with Gasteiger partial charge < -0.3 is 14.6 Å². The van der Waals surface area contributed by atoms with Gasteiger partial charge in [0.05, 0.1) is 17.3 Å². The number of amides is 1. The maximum Gasteiger partial charge on any atom is 0.350 e. The lowest BCUT2D eigenvalue weighted by atomic mass is 9.95. The summed E-state index contributed by atoms with van der Waals surface area (Å²) in [6.07, 6.45) is 3.02. The molecule has 3 aromatic rings. The highest BCUT2D eigenvalue weighted by atomic mass is 32.1. The molecule has 0 aliphatic carbocycles. The molecule has 1 N–H and O–H groups in total. The molecule has 1 unspecified atom stereocenters. The first-order valence-electron chi connectivity index (χ1n) is 11.8. The SMILES string of the molecule is C=CCOC(=O)c1sc(N2C(=O)C(=O)/C(=C(/O)c3ccc(OCC=C)c(C)c3)C2c2ccc(F)cc2)nc1C. The van der Waals surface area contributed by atoms with Gasteiger partial charge in [-0.3, -0.25) is 14.5 Å². The zero-order chi connectivity index (χ0) is 28.3. The lowest BCUT2D eigenvalue weighted by Gasteiger charge is -2.23. The molecule has 1 aromatic heterocycles. The molecule has 1 atom stereocenters. The van der Waals surface area contributed by atoms with E-state index >= 15 is 0 Å². The van der Waals surface area contributed by atoms with E-state index in [2.05, 4.69) is 18.1 Å². The number of aromatic nitrogens is 1. The van der Waals surface area contributed by atoms with Crippen LogP contribution >= 0.6 is 11.3 Å². The van der Waals surface area contributed by atoms with Gasteiger partial charge in [-0.2, -0.15) is 0 Å². The number of hydrogen-bond acceptors (Lipinski definition) is 8. The Morgan fingerprint density at radius 3 is 2.46 bits per heavy atom. The number of ketones is 1. The van der Waals surface area contributed by atoms with Crippen LogP contribution in [0.4, 0.5) is 9.52 Å². The summed E-state index contributed by atoms with van der Waals surface area (Å²) in [5.74, 6) is -2.92. The Kier molecular flexibility index (Phi) is 8.06. The quantitative estimate of drug-likeness (QED) is 0.125. The first kappa shape index (κ1) is 27.5. The number of nitrogens with zero attached hydrogens (tertiary/aromatic N) is 2. The fourth-order valence-electron chi connectivity index (χ4n) is 4.13. The predicted octanol–water partition coefficient (Wildman–Crippen LogP) is 5.43. The van der Waals surface area contributed by atoms with Gasteiger partial charge in [-0.25, -0.2) is 14.2 Å². The van der Waals surface area contributed by atoms with Crippen molar-refractivity contribution in [3.63, 3.8) is 0 Å². The lowest BCUT2D eigenvalue weighted by Crippen LogP contribution is -2.29. The molecule has 0 saturated carbocycles. The number of aryl methyl sites for hydroxylation is 2. The lowest BCUT2D eigenvalue weighted by molar-refractivity contribution is -0.132. The number of esters is 1. The van der Waals surface area contributed by atoms with Gasteiger partial charge in [0.2, 0.25) is 0 Å². The molecule has 2 heterocycles. The number of rotatable bonds is 9. The van der Waals surface area contributed by atoms with Crippen molar-refractivity contribution in [3.8, 4) is 5.75 Å². The zero-order valence-corrected chi connectivity index (χ0v) is 22.1. The molecule has 0 radical (unpaired) electrons. The predicted molar refractivity (Wildman–Crippen MR) is 145 cm³/mol. The molecular formula is C29H25FN2O6S. The van der Waals surface area contributed by atoms with Crippen LogP contribution in [-0.4, -0.2) is 41.0 Å². The van der Waals surface area contributed by atoms with Gasteiger partial charge in [0.25, 0.3) is 5.78 Å². The minimum Gasteiger partial charge on any atom is -0.507 e. The number of carbonyl (C=O) groups excluding carboxylic acids is 3. The minimum absolute atomic E-state index is 0.0115. The molecule has 1 amide bonds. The highest BCUT2D eigenvalue weighted by molar-refractivity contribution is 7.17. The molecule has 10 heteroatoms. The second kappa shape index (κ2) is 11.4. The number of hydrogen-bond donors (Lipinski definition) is 1. The van der Waals surface area contributed by atoms with E-state index in [-0.39, 0.29) is 34.4 Å². The van der Waals surface area contributed by atoms with E-state index in [0.29, 0.717) is 22.6 Å². The topological polar surface area (TPSA) is 106 Å². The van der Waals surface area contributed by atoms with E-state index in [1.165, 1.54) is 30.3 Å². The first-order chi connectivity index (χ1) is 18.7. The van der Waals surface area contributed by atoms with Gasteiger partial charge in [0.15, 0.2) is 5.13 Å². The molecule has 8 nitrogen and oxygen atoms in total. The Bertz CT molecular complexity index is 1510. The first-order valence-corrected chi connectivity index (χ1v) is 12.7. The van der Waals surface area contributed by atoms with Crippen LogP contribution < -0.4 is 9.64 Å². The van der Waals surface area contributed by atoms with Gasteiger partial charge in [-0.1, -0.05) is 48.8 Å². The van der Waals surface area contributed by atoms with Gasteiger partial charge in [-0.15, -0.1) is 0 Å². The van der Waals surface area contributed by atoms with E-state index in [1.54, 1.807) is 38.1 Å². The van der Waals surface area contributed by atoms with Crippen molar-refractivity contribution in [1.82, 2.24) is 4.98 Å². The molecule has 0 spiro atoms. The maximum atomic E-state index is 13.8. The number of halogens is 1. The van der Waals surface area contributed by atoms with E-state index in [0.717, 1.165) is 16.2 Å². The number of Topliss-reactive ketones (excluding diaryl/α,β-unsaturated/α-hetero) is 1. The summed E-state index contributed by atoms with van der Waals surface area (Å²) in [6, 6.07) is 8.92. The summed E-state index contributed by atoms with van der Waals surface area (Å²) >= 11 is 0.874. The zero-order valence-electron chi connectivity index (χ0n) is 21.3. The van der Waals surface area contributed by atoms with E-state index < -0.39 is 35.3 Å². The van der Waals surface area contributed by atoms with Crippen molar-refractivity contribution in [3.05, 3.63) is 106 Å². The van der Waals surface area contributed by atoms with Crippen molar-refractivity contribution in [2.24, 2.45) is 0 Å². The average molecular weight is 549 g/mol. The van der Waals surface area contributed by atoms with Crippen molar-refractivity contribution in [1.29, 1.82) is 0 Å². The average Bonchev–Trinajstić information content (AvgIpc) is 3.43. The van der Waals surface area contributed by atoms with Crippen LogP contribution in [0.1, 0.15) is 38.1 Å². The van der Waals surface area contributed by atoms with Gasteiger partial charge in [0, 0.05) is 5.56 Å². The summed E-state index contributed by atoms with van der Waals surface area (Å²) in [7, 11) is 0. The van der Waals surface area contributed by atoms with Gasteiger partial charge in [-0.05, 0) is 55.3 Å². The summed E-state index contributed by atoms with van der Waals surface area (Å²) in [5, 5.41) is 11.4. The fraction of sp³-hybridized carbons (Fsp3) is 0.172. The summed E-state index contributed by atoms with van der Waals surface area (Å²) in [6.45, 7) is 10.8. The Morgan fingerprint density at radius 1 is 1.13 bits per heavy atom. The van der Waals surface area contributed by atoms with Crippen molar-refractivity contribution in [2.75, 3.05) is 18.1 Å². The standard InChI is InChI=1S/C29H25FN2O6S/c1-5-13-37-21-12-9-19(15-16(21)3)24(33)22-23(18-7-10-20(30)11-8-18)32(27(35)25(22)34)29-31-17(4)26(39-29)28(36)38-14-6-2/h5-12,15,23,33H,1-2,13-14H2,3-4H3/b24-22+. The Morgan fingerprint density at radius 2 is 1.82 bits per heavy atom. The number of thiazole rings is 1. The van der Waals surface area contributed by atoms with Crippen molar-refractivity contribution in [2.45, 2.75) is 19.9 Å². The Labute approximate surface area is 228 Å². The monoisotopic (exact) mass is 548 g/mol. The number of carbonyl (C=O) groups is 3. The number of aliphatic hydroxyl groups is 1. The highest BCUT2D eigenvalue weighted by Crippen LogP contribution is 2.44. The van der Waals surface area contributed by atoms with Gasteiger partial charge >= 0.3 is 11.9 Å². The van der Waals surface area contributed by atoms with Crippen LogP contribution in [-0.2, 0) is 14.3 Å². The molecule has 1 aliphatic heterocycles. The molecule has 1 aliphatic rings. The second-order valence-corrected chi connectivity index (χ2v) is 9.58. The van der Waals surface area contributed by atoms with Crippen LogP contribution in [0, 0.1) is 19.7 Å². The highest BCUT2D eigenvalue weighted by Gasteiger charge is 2.48. The molecule has 4 rings (SSSR count). The Hall–Kier alpha value is -4.57. The van der Waals surface area contributed by atoms with Crippen LogP contribution in [0.3, 0.4) is 0 Å². The third-order valence-corrected chi connectivity index (χ3v) is 7.08. The Balaban J connectivity index is 1.85. The number of aliphatic hydroxyl groups excluding tert-OH is 1. The molecule has 2 aromatic carbocycles. The third-order valence-electron chi connectivity index (χ3n) is 5.94. The van der Waals surface area contributed by atoms with Gasteiger partial charge in [0.1, 0.15) is 35.4 Å². The van der Waals surface area contributed by atoms with Crippen molar-refractivity contribution >= 4 is 39.9 Å². The summed E-state index contributed by atoms with van der Waals surface area (Å²) < 4.78 is 24.5. The molecule has 0 bridgehead atoms. The number of benzene rings is 2. The number of ether oxygens (including phenoxy) is 2. The van der Waals surface area contributed by atoms with E-state index in [1.807, 2.05) is 0 Å². The molecule has 1 saturated heterocycles. The van der Waals surface area contributed by atoms with Crippen molar-refractivity contribution < 1.29 is 33.4 Å². The van der Waals surface area contributed by atoms with Crippen LogP contribution in [0.5, 0.6) is 5.75 Å². The minimum atomic E-state index is -1.13. The maximum absolute atomic E-state index is 13.8. The van der Waals surface area contributed by atoms with E-state index in [4.69, 9.17) is 9.47 Å². The normalized spacial score (nSPS) is 16.3. The molecule has 200 valence electrons. The smallest absolute Gasteiger partial charge is 0.350 e. The number of anilines is 1. The summed E-state index contributed by atoms with van der Waals surface area (Å²) in [5.41, 5.74) is 1.44. The second-order valence-electron chi connectivity index (χ2n) is 8.60. The molecule has 39 heavy (non-hydrogen) atoms. The largest absolute Gasteiger partial charge is 0.507 e.